The first-order chi connectivity index (χ1) is 15.1. The fraction of sp³-hybridized carbons (Fsp3) is 0.111. The molecule has 4 rings (SSSR count). The molecule has 4 aromatic rings. The summed E-state index contributed by atoms with van der Waals surface area (Å²) in [5.41, 5.74) is 3.88. The third-order valence-electron chi connectivity index (χ3n) is 5.31. The number of carboxylic acids is 1. The standard InChI is InChI=1S/C27H23NO3/c29-26(18-20-12-15-22-8-4-5-9-24(22)16-20)28-25(27(30)31)17-19-10-13-23(14-11-19)21-6-2-1-3-7-21/h1-16,25H,17-18H2,(H,28,29)(H,30,31)/t25-/m0/s1. The number of nitrogens with one attached hydrogen (secondary N) is 1. The number of carboxylic acid groups (broad SMARTS) is 1. The quantitative estimate of drug-likeness (QED) is 0.458. The Hall–Kier alpha value is -3.92. The van der Waals surface area contributed by atoms with Crippen LogP contribution in [0, 0.1) is 0 Å². The van der Waals surface area contributed by atoms with Gasteiger partial charge in [0.15, 0.2) is 0 Å². The summed E-state index contributed by atoms with van der Waals surface area (Å²) < 4.78 is 0. The summed E-state index contributed by atoms with van der Waals surface area (Å²) in [7, 11) is 0. The first-order valence-electron chi connectivity index (χ1n) is 10.2. The van der Waals surface area contributed by atoms with E-state index in [4.69, 9.17) is 0 Å². The lowest BCUT2D eigenvalue weighted by molar-refractivity contribution is -0.141. The van der Waals surface area contributed by atoms with Crippen molar-refractivity contribution >= 4 is 22.6 Å². The highest BCUT2D eigenvalue weighted by molar-refractivity contribution is 5.87. The Morgan fingerprint density at radius 2 is 1.32 bits per heavy atom. The number of fused-ring (bicyclic) bond motifs is 1. The fourth-order valence-corrected chi connectivity index (χ4v) is 3.68. The molecule has 0 unspecified atom stereocenters. The highest BCUT2D eigenvalue weighted by Gasteiger charge is 2.20. The molecule has 1 amide bonds. The van der Waals surface area contributed by atoms with Gasteiger partial charge in [0.1, 0.15) is 6.04 Å². The van der Waals surface area contributed by atoms with Gasteiger partial charge >= 0.3 is 5.97 Å². The Morgan fingerprint density at radius 3 is 2.03 bits per heavy atom. The molecule has 0 fully saturated rings. The predicted octanol–water partition coefficient (Wildman–Crippen LogP) is 4.86. The molecule has 0 aliphatic carbocycles. The summed E-state index contributed by atoms with van der Waals surface area (Å²) in [5, 5.41) is 14.4. The summed E-state index contributed by atoms with van der Waals surface area (Å²) in [4.78, 5) is 24.3. The molecule has 4 aromatic carbocycles. The predicted molar refractivity (Wildman–Crippen MR) is 123 cm³/mol. The third kappa shape index (κ3) is 5.17. The maximum Gasteiger partial charge on any atom is 0.326 e. The van der Waals surface area contributed by atoms with Crippen LogP contribution in [-0.4, -0.2) is 23.0 Å². The van der Waals surface area contributed by atoms with Gasteiger partial charge in [-0.2, -0.15) is 0 Å². The maximum absolute atomic E-state index is 12.5. The van der Waals surface area contributed by atoms with Crippen LogP contribution in [0.25, 0.3) is 21.9 Å². The third-order valence-corrected chi connectivity index (χ3v) is 5.31. The number of carbonyl (C=O) groups excluding carboxylic acids is 1. The molecule has 0 saturated carbocycles. The number of hydrogen-bond donors (Lipinski definition) is 2. The van der Waals surface area contributed by atoms with Gasteiger partial charge in [0.05, 0.1) is 6.42 Å². The minimum absolute atomic E-state index is 0.140. The summed E-state index contributed by atoms with van der Waals surface area (Å²) in [6, 6.07) is 30.6. The smallest absolute Gasteiger partial charge is 0.326 e. The van der Waals surface area contributed by atoms with Crippen LogP contribution in [0.4, 0.5) is 0 Å². The first kappa shape index (κ1) is 20.4. The molecule has 154 valence electrons. The Balaban J connectivity index is 1.41. The topological polar surface area (TPSA) is 66.4 Å². The number of carbonyl (C=O) groups is 2. The molecule has 0 radical (unpaired) electrons. The summed E-state index contributed by atoms with van der Waals surface area (Å²) in [6.45, 7) is 0. The lowest BCUT2D eigenvalue weighted by Gasteiger charge is -2.15. The number of rotatable bonds is 7. The molecule has 0 aromatic heterocycles. The Labute approximate surface area is 181 Å². The molecule has 4 nitrogen and oxygen atoms in total. The van der Waals surface area contributed by atoms with Crippen LogP contribution < -0.4 is 5.32 Å². The number of hydrogen-bond acceptors (Lipinski definition) is 2. The Bertz CT molecular complexity index is 1200. The largest absolute Gasteiger partial charge is 0.480 e. The number of aliphatic carboxylic acids is 1. The lowest BCUT2D eigenvalue weighted by atomic mass is 10.0. The van der Waals surface area contributed by atoms with E-state index in [1.54, 1.807) is 0 Å². The average molecular weight is 409 g/mol. The molecule has 2 N–H and O–H groups in total. The van der Waals surface area contributed by atoms with Gasteiger partial charge in [-0.05, 0) is 33.0 Å². The van der Waals surface area contributed by atoms with Crippen LogP contribution in [0.2, 0.25) is 0 Å². The molecule has 4 heteroatoms. The molecule has 31 heavy (non-hydrogen) atoms. The molecule has 0 bridgehead atoms. The van der Waals surface area contributed by atoms with E-state index in [2.05, 4.69) is 5.32 Å². The minimum atomic E-state index is -1.04. The molecule has 1 atom stereocenters. The maximum atomic E-state index is 12.5. The Kier molecular flexibility index (Phi) is 6.08. The van der Waals surface area contributed by atoms with Crippen LogP contribution in [-0.2, 0) is 22.4 Å². The zero-order valence-corrected chi connectivity index (χ0v) is 17.0. The van der Waals surface area contributed by atoms with E-state index in [0.29, 0.717) is 0 Å². The molecule has 0 heterocycles. The van der Waals surface area contributed by atoms with E-state index in [9.17, 15) is 14.7 Å². The second kappa shape index (κ2) is 9.26. The van der Waals surface area contributed by atoms with E-state index in [0.717, 1.165) is 33.0 Å². The van der Waals surface area contributed by atoms with Crippen molar-refractivity contribution in [1.29, 1.82) is 0 Å². The van der Waals surface area contributed by atoms with Gasteiger partial charge in [-0.25, -0.2) is 4.79 Å². The van der Waals surface area contributed by atoms with Crippen LogP contribution >= 0.6 is 0 Å². The highest BCUT2D eigenvalue weighted by atomic mass is 16.4. The van der Waals surface area contributed by atoms with Gasteiger partial charge in [-0.15, -0.1) is 0 Å². The summed E-state index contributed by atoms with van der Waals surface area (Å²) in [5.74, 6) is -1.34. The van der Waals surface area contributed by atoms with Gasteiger partial charge in [0.2, 0.25) is 5.91 Å². The summed E-state index contributed by atoms with van der Waals surface area (Å²) >= 11 is 0. The van der Waals surface area contributed by atoms with Crippen molar-refractivity contribution in [3.05, 3.63) is 108 Å². The molecule has 0 aliphatic heterocycles. The van der Waals surface area contributed by atoms with E-state index in [1.165, 1.54) is 0 Å². The van der Waals surface area contributed by atoms with Crippen molar-refractivity contribution < 1.29 is 14.7 Å². The van der Waals surface area contributed by atoms with Crippen LogP contribution in [0.15, 0.2) is 97.1 Å². The number of benzene rings is 4. The normalized spacial score (nSPS) is 11.7. The second-order valence-corrected chi connectivity index (χ2v) is 7.58. The van der Waals surface area contributed by atoms with Gasteiger partial charge in [0, 0.05) is 6.42 Å². The first-order valence-corrected chi connectivity index (χ1v) is 10.2. The number of amides is 1. The van der Waals surface area contributed by atoms with E-state index >= 15 is 0 Å². The van der Waals surface area contributed by atoms with Gasteiger partial charge in [-0.3, -0.25) is 4.79 Å². The highest BCUT2D eigenvalue weighted by Crippen LogP contribution is 2.20. The van der Waals surface area contributed by atoms with Crippen molar-refractivity contribution in [1.82, 2.24) is 5.32 Å². The zero-order chi connectivity index (χ0) is 21.6. The summed E-state index contributed by atoms with van der Waals surface area (Å²) in [6.07, 6.45) is 0.370. The lowest BCUT2D eigenvalue weighted by Crippen LogP contribution is -2.43. The molecule has 0 saturated heterocycles. The van der Waals surface area contributed by atoms with Gasteiger partial charge in [-0.1, -0.05) is 97.1 Å². The molecular formula is C27H23NO3. The molecular weight excluding hydrogens is 386 g/mol. The minimum Gasteiger partial charge on any atom is -0.480 e. The second-order valence-electron chi connectivity index (χ2n) is 7.58. The van der Waals surface area contributed by atoms with Gasteiger partial charge in [0.25, 0.3) is 0 Å². The van der Waals surface area contributed by atoms with Crippen molar-refractivity contribution in [2.24, 2.45) is 0 Å². The van der Waals surface area contributed by atoms with E-state index < -0.39 is 12.0 Å². The van der Waals surface area contributed by atoms with Crippen molar-refractivity contribution in [3.8, 4) is 11.1 Å². The SMILES string of the molecule is O=C(Cc1ccc2ccccc2c1)N[C@@H](Cc1ccc(-c2ccccc2)cc1)C(=O)O. The monoisotopic (exact) mass is 409 g/mol. The van der Waals surface area contributed by atoms with Crippen LogP contribution in [0.3, 0.4) is 0 Å². The average Bonchev–Trinajstić information content (AvgIpc) is 2.79. The van der Waals surface area contributed by atoms with Crippen molar-refractivity contribution in [2.45, 2.75) is 18.9 Å². The Morgan fingerprint density at radius 1 is 0.710 bits per heavy atom. The zero-order valence-electron chi connectivity index (χ0n) is 17.0. The molecule has 0 spiro atoms. The van der Waals surface area contributed by atoms with Crippen LogP contribution in [0.1, 0.15) is 11.1 Å². The van der Waals surface area contributed by atoms with Gasteiger partial charge < -0.3 is 10.4 Å². The van der Waals surface area contributed by atoms with Crippen molar-refractivity contribution in [3.63, 3.8) is 0 Å². The molecule has 0 aliphatic rings. The van der Waals surface area contributed by atoms with E-state index in [-0.39, 0.29) is 18.7 Å². The van der Waals surface area contributed by atoms with E-state index in [1.807, 2.05) is 97.1 Å². The van der Waals surface area contributed by atoms with Crippen LogP contribution in [0.5, 0.6) is 0 Å². The van der Waals surface area contributed by atoms with Crippen molar-refractivity contribution in [2.75, 3.05) is 0 Å². The fourth-order valence-electron chi connectivity index (χ4n) is 3.68.